The van der Waals surface area contributed by atoms with Crippen molar-refractivity contribution in [2.45, 2.75) is 17.8 Å². The molecule has 2 aromatic carbocycles. The van der Waals surface area contributed by atoms with Crippen molar-refractivity contribution in [3.05, 3.63) is 70.7 Å². The van der Waals surface area contributed by atoms with Crippen LogP contribution in [0.1, 0.15) is 28.9 Å². The molecule has 0 amide bonds. The van der Waals surface area contributed by atoms with Crippen molar-refractivity contribution in [2.24, 2.45) is 0 Å². The van der Waals surface area contributed by atoms with E-state index >= 15 is 0 Å². The first-order valence-corrected chi connectivity index (χ1v) is 6.73. The van der Waals surface area contributed by atoms with Gasteiger partial charge in [0, 0.05) is 10.3 Å². The Balaban J connectivity index is 2.03. The fourth-order valence-electron chi connectivity index (χ4n) is 1.84. The summed E-state index contributed by atoms with van der Waals surface area (Å²) in [7, 11) is 0. The van der Waals surface area contributed by atoms with Gasteiger partial charge in [-0.25, -0.2) is 0 Å². The van der Waals surface area contributed by atoms with Crippen molar-refractivity contribution in [2.75, 3.05) is 0 Å². The second-order valence-corrected chi connectivity index (χ2v) is 5.29. The maximum atomic E-state index is 10.1. The molecule has 2 rings (SSSR count). The summed E-state index contributed by atoms with van der Waals surface area (Å²) in [5.74, 6) is 0. The maximum absolute atomic E-state index is 10.1. The standard InChI is InChI=1S/C15H15ClOS/c16-13-8-6-12(7-9-13)15(18)10-14(17)11-4-2-1-3-5-11/h1-9,14-15,17-18H,10H2/t14-,15-/m0/s1. The zero-order chi connectivity index (χ0) is 13.0. The van der Waals surface area contributed by atoms with Crippen LogP contribution >= 0.6 is 24.2 Å². The summed E-state index contributed by atoms with van der Waals surface area (Å²) >= 11 is 10.4. The number of hydrogen-bond acceptors (Lipinski definition) is 2. The normalized spacial score (nSPS) is 14.2. The summed E-state index contributed by atoms with van der Waals surface area (Å²) in [5, 5.41) is 10.8. The van der Waals surface area contributed by atoms with Crippen LogP contribution in [0.5, 0.6) is 0 Å². The van der Waals surface area contributed by atoms with Crippen molar-refractivity contribution in [1.82, 2.24) is 0 Å². The van der Waals surface area contributed by atoms with E-state index in [9.17, 15) is 5.11 Å². The van der Waals surface area contributed by atoms with Gasteiger partial charge in [0.05, 0.1) is 6.10 Å². The number of benzene rings is 2. The van der Waals surface area contributed by atoms with E-state index in [1.807, 2.05) is 54.6 Å². The average molecular weight is 279 g/mol. The lowest BCUT2D eigenvalue weighted by atomic mass is 10.0. The fraction of sp³-hybridized carbons (Fsp3) is 0.200. The van der Waals surface area contributed by atoms with Crippen molar-refractivity contribution < 1.29 is 5.11 Å². The SMILES string of the molecule is O[C@@H](C[C@H](S)c1ccc(Cl)cc1)c1ccccc1. The largest absolute Gasteiger partial charge is 0.388 e. The van der Waals surface area contributed by atoms with E-state index in [-0.39, 0.29) is 5.25 Å². The summed E-state index contributed by atoms with van der Waals surface area (Å²) in [5.41, 5.74) is 1.99. The van der Waals surface area contributed by atoms with Gasteiger partial charge in [-0.05, 0) is 29.7 Å². The van der Waals surface area contributed by atoms with Gasteiger partial charge < -0.3 is 5.11 Å². The molecule has 0 aliphatic rings. The van der Waals surface area contributed by atoms with Crippen LogP contribution in [0.15, 0.2) is 54.6 Å². The lowest BCUT2D eigenvalue weighted by Crippen LogP contribution is -2.02. The predicted octanol–water partition coefficient (Wildman–Crippen LogP) is 4.43. The van der Waals surface area contributed by atoms with Gasteiger partial charge in [0.25, 0.3) is 0 Å². The lowest BCUT2D eigenvalue weighted by molar-refractivity contribution is 0.167. The molecule has 0 unspecified atom stereocenters. The third-order valence-corrected chi connectivity index (χ3v) is 3.65. The van der Waals surface area contributed by atoms with E-state index in [4.69, 9.17) is 11.6 Å². The van der Waals surface area contributed by atoms with Crippen molar-refractivity contribution in [3.8, 4) is 0 Å². The molecule has 3 heteroatoms. The monoisotopic (exact) mass is 278 g/mol. The number of aliphatic hydroxyl groups excluding tert-OH is 1. The molecule has 0 aliphatic heterocycles. The summed E-state index contributed by atoms with van der Waals surface area (Å²) in [6.07, 6.45) is 0.0822. The molecule has 18 heavy (non-hydrogen) atoms. The van der Waals surface area contributed by atoms with E-state index < -0.39 is 6.10 Å². The molecule has 0 saturated carbocycles. The smallest absolute Gasteiger partial charge is 0.0803 e. The van der Waals surface area contributed by atoms with Gasteiger partial charge in [-0.1, -0.05) is 54.1 Å². The minimum atomic E-state index is -0.496. The van der Waals surface area contributed by atoms with Crippen molar-refractivity contribution in [1.29, 1.82) is 0 Å². The minimum Gasteiger partial charge on any atom is -0.388 e. The third kappa shape index (κ3) is 3.52. The van der Waals surface area contributed by atoms with Gasteiger partial charge >= 0.3 is 0 Å². The zero-order valence-corrected chi connectivity index (χ0v) is 11.5. The first kappa shape index (κ1) is 13.5. The molecule has 94 valence electrons. The highest BCUT2D eigenvalue weighted by Gasteiger charge is 2.14. The van der Waals surface area contributed by atoms with Crippen LogP contribution in [0, 0.1) is 0 Å². The number of rotatable bonds is 4. The van der Waals surface area contributed by atoms with Crippen LogP contribution in [0.3, 0.4) is 0 Å². The van der Waals surface area contributed by atoms with Gasteiger partial charge in [0.1, 0.15) is 0 Å². The Hall–Kier alpha value is -0.960. The molecule has 2 atom stereocenters. The fourth-order valence-corrected chi connectivity index (χ4v) is 2.34. The number of aliphatic hydroxyl groups is 1. The molecule has 0 saturated heterocycles. The van der Waals surface area contributed by atoms with Gasteiger partial charge in [-0.2, -0.15) is 12.6 Å². The Morgan fingerprint density at radius 2 is 1.56 bits per heavy atom. The van der Waals surface area contributed by atoms with Crippen LogP contribution < -0.4 is 0 Å². The molecule has 1 nitrogen and oxygen atoms in total. The van der Waals surface area contributed by atoms with Gasteiger partial charge in [0.2, 0.25) is 0 Å². The Morgan fingerprint density at radius 1 is 0.944 bits per heavy atom. The number of hydrogen-bond donors (Lipinski definition) is 2. The molecule has 0 aromatic heterocycles. The highest BCUT2D eigenvalue weighted by Crippen LogP contribution is 2.31. The minimum absolute atomic E-state index is 0.00234. The second-order valence-electron chi connectivity index (χ2n) is 4.23. The molecule has 0 aliphatic carbocycles. The Kier molecular flexibility index (Phi) is 4.70. The maximum Gasteiger partial charge on any atom is 0.0803 e. The first-order valence-electron chi connectivity index (χ1n) is 5.83. The van der Waals surface area contributed by atoms with Crippen LogP contribution in [0.2, 0.25) is 5.02 Å². The number of halogens is 1. The molecule has 1 N–H and O–H groups in total. The molecule has 0 spiro atoms. The average Bonchev–Trinajstić information content (AvgIpc) is 2.40. The van der Waals surface area contributed by atoms with Crippen molar-refractivity contribution >= 4 is 24.2 Å². The highest BCUT2D eigenvalue weighted by molar-refractivity contribution is 7.80. The summed E-state index contributed by atoms with van der Waals surface area (Å²) in [6, 6.07) is 17.2. The molecular weight excluding hydrogens is 264 g/mol. The first-order chi connectivity index (χ1) is 8.66. The second kappa shape index (κ2) is 6.28. The van der Waals surface area contributed by atoms with E-state index in [1.54, 1.807) is 0 Å². The van der Waals surface area contributed by atoms with E-state index in [2.05, 4.69) is 12.6 Å². The molecule has 0 radical (unpaired) electrons. The van der Waals surface area contributed by atoms with E-state index in [0.29, 0.717) is 11.4 Å². The molecule has 0 heterocycles. The highest BCUT2D eigenvalue weighted by atomic mass is 35.5. The predicted molar refractivity (Wildman–Crippen MR) is 79.2 cm³/mol. The van der Waals surface area contributed by atoms with Crippen LogP contribution in [-0.4, -0.2) is 5.11 Å². The van der Waals surface area contributed by atoms with Gasteiger partial charge in [-0.15, -0.1) is 0 Å². The van der Waals surface area contributed by atoms with Gasteiger partial charge in [-0.3, -0.25) is 0 Å². The Morgan fingerprint density at radius 3 is 2.17 bits per heavy atom. The molecule has 0 fully saturated rings. The van der Waals surface area contributed by atoms with E-state index in [0.717, 1.165) is 11.1 Å². The summed E-state index contributed by atoms with van der Waals surface area (Å²) < 4.78 is 0. The van der Waals surface area contributed by atoms with Crippen LogP contribution in [0.4, 0.5) is 0 Å². The number of thiol groups is 1. The van der Waals surface area contributed by atoms with Gasteiger partial charge in [0.15, 0.2) is 0 Å². The zero-order valence-electron chi connectivity index (χ0n) is 9.83. The van der Waals surface area contributed by atoms with Crippen molar-refractivity contribution in [3.63, 3.8) is 0 Å². The topological polar surface area (TPSA) is 20.2 Å². The Bertz CT molecular complexity index is 484. The van der Waals surface area contributed by atoms with Crippen LogP contribution in [0.25, 0.3) is 0 Å². The molecule has 2 aromatic rings. The Labute approximate surface area is 118 Å². The van der Waals surface area contributed by atoms with Crippen LogP contribution in [-0.2, 0) is 0 Å². The molecular formula is C15H15ClOS. The van der Waals surface area contributed by atoms with E-state index in [1.165, 1.54) is 0 Å². The lowest BCUT2D eigenvalue weighted by Gasteiger charge is -2.16. The third-order valence-electron chi connectivity index (χ3n) is 2.89. The summed E-state index contributed by atoms with van der Waals surface area (Å²) in [6.45, 7) is 0. The summed E-state index contributed by atoms with van der Waals surface area (Å²) in [4.78, 5) is 0. The molecule has 0 bridgehead atoms. The quantitative estimate of drug-likeness (QED) is 0.793.